The molecule has 2 amide bonds. The van der Waals surface area contributed by atoms with Crippen molar-refractivity contribution in [3.05, 3.63) is 48.0 Å². The van der Waals surface area contributed by atoms with E-state index in [4.69, 9.17) is 0 Å². The van der Waals surface area contributed by atoms with Gasteiger partial charge in [0.05, 0.1) is 11.3 Å². The summed E-state index contributed by atoms with van der Waals surface area (Å²) in [5.74, 6) is -0.161. The molecule has 0 radical (unpaired) electrons. The second-order valence-electron chi connectivity index (χ2n) is 7.13. The highest BCUT2D eigenvalue weighted by Gasteiger charge is 2.14. The first-order valence-electron chi connectivity index (χ1n) is 9.86. The third-order valence-corrected chi connectivity index (χ3v) is 5.71. The molecule has 2 N–H and O–H groups in total. The molecule has 0 unspecified atom stereocenters. The van der Waals surface area contributed by atoms with Gasteiger partial charge in [0.2, 0.25) is 17.0 Å². The highest BCUT2D eigenvalue weighted by Crippen LogP contribution is 2.27. The van der Waals surface area contributed by atoms with Crippen LogP contribution in [0.25, 0.3) is 22.1 Å². The van der Waals surface area contributed by atoms with Gasteiger partial charge >= 0.3 is 0 Å². The normalized spacial score (nSPS) is 11.1. The summed E-state index contributed by atoms with van der Waals surface area (Å²) in [4.78, 5) is 28.0. The van der Waals surface area contributed by atoms with Gasteiger partial charge in [0, 0.05) is 30.7 Å². The molecule has 0 aliphatic rings. The van der Waals surface area contributed by atoms with Gasteiger partial charge < -0.3 is 15.2 Å². The van der Waals surface area contributed by atoms with Gasteiger partial charge in [0.15, 0.2) is 5.65 Å². The van der Waals surface area contributed by atoms with E-state index < -0.39 is 0 Å². The largest absolute Gasteiger partial charge is 0.327 e. The van der Waals surface area contributed by atoms with Crippen molar-refractivity contribution >= 4 is 57.0 Å². The van der Waals surface area contributed by atoms with Gasteiger partial charge in [-0.3, -0.25) is 9.59 Å². The first-order valence-corrected chi connectivity index (χ1v) is 10.8. The molecular formula is C22H22N6O2S. The van der Waals surface area contributed by atoms with E-state index >= 15 is 0 Å². The summed E-state index contributed by atoms with van der Waals surface area (Å²) < 4.78 is 2.00. The summed E-state index contributed by atoms with van der Waals surface area (Å²) in [6.07, 6.45) is 0.951. The number of amides is 2. The Hall–Kier alpha value is -3.46. The quantitative estimate of drug-likeness (QED) is 0.448. The predicted molar refractivity (Wildman–Crippen MR) is 123 cm³/mol. The van der Waals surface area contributed by atoms with E-state index in [9.17, 15) is 9.59 Å². The first kappa shape index (κ1) is 20.8. The molecule has 9 heteroatoms. The third-order valence-electron chi connectivity index (χ3n) is 4.87. The zero-order valence-electron chi connectivity index (χ0n) is 17.5. The van der Waals surface area contributed by atoms with Gasteiger partial charge in [0.1, 0.15) is 5.52 Å². The van der Waals surface area contributed by atoms with Gasteiger partial charge in [-0.25, -0.2) is 4.98 Å². The third kappa shape index (κ3) is 4.51. The minimum absolute atomic E-state index is 0.143. The molecule has 0 fully saturated rings. The smallest absolute Gasteiger partial charge is 0.234 e. The van der Waals surface area contributed by atoms with Crippen molar-refractivity contribution in [2.24, 2.45) is 7.05 Å². The first-order chi connectivity index (χ1) is 14.9. The lowest BCUT2D eigenvalue weighted by Crippen LogP contribution is -2.14. The van der Waals surface area contributed by atoms with E-state index in [1.165, 1.54) is 24.2 Å². The molecule has 2 aromatic carbocycles. The summed E-state index contributed by atoms with van der Waals surface area (Å²) in [6.45, 7) is 3.56. The van der Waals surface area contributed by atoms with E-state index in [0.717, 1.165) is 28.5 Å². The summed E-state index contributed by atoms with van der Waals surface area (Å²) in [6, 6.07) is 13.2. The van der Waals surface area contributed by atoms with E-state index in [1.54, 1.807) is 24.3 Å². The predicted octanol–water partition coefficient (Wildman–Crippen LogP) is 3.77. The van der Waals surface area contributed by atoms with Crippen LogP contribution in [0.4, 0.5) is 11.4 Å². The second-order valence-corrected chi connectivity index (χ2v) is 8.07. The molecule has 31 heavy (non-hydrogen) atoms. The van der Waals surface area contributed by atoms with E-state index in [2.05, 4.69) is 50.9 Å². The Bertz CT molecular complexity index is 1280. The number of fused-ring (bicyclic) bond motifs is 3. The summed E-state index contributed by atoms with van der Waals surface area (Å²) in [5, 5.41) is 15.6. The Balaban J connectivity index is 1.45. The number of aryl methyl sites for hydroxylation is 2. The Kier molecular flexibility index (Phi) is 5.85. The summed E-state index contributed by atoms with van der Waals surface area (Å²) in [5.41, 5.74) is 5.12. The Labute approximate surface area is 183 Å². The van der Waals surface area contributed by atoms with Gasteiger partial charge in [-0.2, -0.15) is 0 Å². The fraction of sp³-hybridized carbons (Fsp3) is 0.227. The molecular weight excluding hydrogens is 412 g/mol. The van der Waals surface area contributed by atoms with Crippen molar-refractivity contribution in [2.75, 3.05) is 16.4 Å². The number of anilines is 2. The SMILES string of the molecule is CCc1ccc2c(c1)c1nnc(SCC(=O)Nc3ccc(NC(C)=O)cc3)nc1n2C. The number of aromatic nitrogens is 4. The van der Waals surface area contributed by atoms with Crippen LogP contribution in [0.2, 0.25) is 0 Å². The van der Waals surface area contributed by atoms with Crippen molar-refractivity contribution in [1.29, 1.82) is 0 Å². The number of nitrogens with zero attached hydrogens (tertiary/aromatic N) is 4. The van der Waals surface area contributed by atoms with E-state index in [1.807, 2.05) is 11.6 Å². The second kappa shape index (κ2) is 8.73. The number of nitrogens with one attached hydrogen (secondary N) is 2. The Morgan fingerprint density at radius 2 is 1.74 bits per heavy atom. The van der Waals surface area contributed by atoms with E-state index in [0.29, 0.717) is 16.5 Å². The topological polar surface area (TPSA) is 102 Å². The maximum Gasteiger partial charge on any atom is 0.234 e. The minimum Gasteiger partial charge on any atom is -0.327 e. The monoisotopic (exact) mass is 434 g/mol. The van der Waals surface area contributed by atoms with Gasteiger partial charge in [0.25, 0.3) is 0 Å². The molecule has 0 spiro atoms. The van der Waals surface area contributed by atoms with Crippen LogP contribution in [0, 0.1) is 0 Å². The Morgan fingerprint density at radius 1 is 1.03 bits per heavy atom. The maximum absolute atomic E-state index is 12.3. The number of benzene rings is 2. The van der Waals surface area contributed by atoms with Crippen molar-refractivity contribution in [2.45, 2.75) is 25.4 Å². The maximum atomic E-state index is 12.3. The lowest BCUT2D eigenvalue weighted by atomic mass is 10.1. The lowest BCUT2D eigenvalue weighted by Gasteiger charge is -2.06. The van der Waals surface area contributed by atoms with Crippen LogP contribution in [0.1, 0.15) is 19.4 Å². The average Bonchev–Trinajstić information content (AvgIpc) is 3.04. The van der Waals surface area contributed by atoms with Gasteiger partial charge in [-0.15, -0.1) is 10.2 Å². The van der Waals surface area contributed by atoms with E-state index in [-0.39, 0.29) is 17.6 Å². The number of thioether (sulfide) groups is 1. The highest BCUT2D eigenvalue weighted by atomic mass is 32.2. The van der Waals surface area contributed by atoms with Crippen LogP contribution in [-0.2, 0) is 23.1 Å². The van der Waals surface area contributed by atoms with Crippen molar-refractivity contribution in [3.8, 4) is 0 Å². The molecule has 2 aromatic heterocycles. The lowest BCUT2D eigenvalue weighted by molar-refractivity contribution is -0.114. The summed E-state index contributed by atoms with van der Waals surface area (Å²) in [7, 11) is 1.96. The number of hydrogen-bond donors (Lipinski definition) is 2. The molecule has 0 aliphatic heterocycles. The molecule has 4 rings (SSSR count). The molecule has 0 aliphatic carbocycles. The number of carbonyl (C=O) groups is 2. The molecule has 0 atom stereocenters. The fourth-order valence-electron chi connectivity index (χ4n) is 3.34. The van der Waals surface area contributed by atoms with Gasteiger partial charge in [-0.05, 0) is 48.4 Å². The highest BCUT2D eigenvalue weighted by molar-refractivity contribution is 7.99. The van der Waals surface area contributed by atoms with Crippen LogP contribution in [-0.4, -0.2) is 37.3 Å². The number of carbonyl (C=O) groups excluding carboxylic acids is 2. The molecule has 158 valence electrons. The van der Waals surface area contributed by atoms with Crippen molar-refractivity contribution in [3.63, 3.8) is 0 Å². The van der Waals surface area contributed by atoms with Crippen LogP contribution in [0.15, 0.2) is 47.6 Å². The number of hydrogen-bond acceptors (Lipinski definition) is 6. The van der Waals surface area contributed by atoms with Crippen molar-refractivity contribution < 1.29 is 9.59 Å². The average molecular weight is 435 g/mol. The van der Waals surface area contributed by atoms with Gasteiger partial charge in [-0.1, -0.05) is 24.8 Å². The molecule has 0 saturated heterocycles. The molecule has 0 bridgehead atoms. The molecule has 0 saturated carbocycles. The van der Waals surface area contributed by atoms with Crippen LogP contribution >= 0.6 is 11.8 Å². The standard InChI is InChI=1S/C22H22N6O2S/c1-4-14-5-10-18-17(11-14)20-21(28(18)3)25-22(27-26-20)31-12-19(30)24-16-8-6-15(7-9-16)23-13(2)29/h5-11H,4,12H2,1-3H3,(H,23,29)(H,24,30). The van der Waals surface area contributed by atoms with Crippen LogP contribution in [0.3, 0.4) is 0 Å². The zero-order chi connectivity index (χ0) is 22.0. The fourth-order valence-corrected chi connectivity index (χ4v) is 3.92. The Morgan fingerprint density at radius 3 is 2.42 bits per heavy atom. The number of rotatable bonds is 6. The van der Waals surface area contributed by atoms with Crippen LogP contribution in [0.5, 0.6) is 0 Å². The zero-order valence-corrected chi connectivity index (χ0v) is 18.3. The molecule has 2 heterocycles. The van der Waals surface area contributed by atoms with Crippen LogP contribution < -0.4 is 10.6 Å². The molecule has 4 aromatic rings. The molecule has 8 nitrogen and oxygen atoms in total. The van der Waals surface area contributed by atoms with Crippen molar-refractivity contribution in [1.82, 2.24) is 19.7 Å². The summed E-state index contributed by atoms with van der Waals surface area (Å²) >= 11 is 1.23. The minimum atomic E-state index is -0.175.